The molecule has 0 N–H and O–H groups in total. The monoisotopic (exact) mass is 319 g/mol. The van der Waals surface area contributed by atoms with Gasteiger partial charge in [0.15, 0.2) is 0 Å². The van der Waals surface area contributed by atoms with Crippen molar-refractivity contribution in [3.8, 4) is 6.01 Å². The van der Waals surface area contributed by atoms with Gasteiger partial charge in [0.2, 0.25) is 0 Å². The van der Waals surface area contributed by atoms with Crippen molar-refractivity contribution in [3.63, 3.8) is 0 Å². The van der Waals surface area contributed by atoms with Crippen LogP contribution in [0, 0.1) is 0 Å². The zero-order valence-electron chi connectivity index (χ0n) is 13.0. The Bertz CT molecular complexity index is 564. The van der Waals surface area contributed by atoms with Crippen LogP contribution in [0.1, 0.15) is 25.7 Å². The molecular weight excluding hydrogens is 298 g/mol. The zero-order valence-corrected chi connectivity index (χ0v) is 13.0. The Morgan fingerprint density at radius 1 is 1.39 bits per heavy atom. The van der Waals surface area contributed by atoms with Crippen molar-refractivity contribution < 1.29 is 19.0 Å². The minimum absolute atomic E-state index is 0.0600. The fourth-order valence-corrected chi connectivity index (χ4v) is 3.67. The molecule has 23 heavy (non-hydrogen) atoms. The van der Waals surface area contributed by atoms with Crippen LogP contribution >= 0.6 is 0 Å². The van der Waals surface area contributed by atoms with Gasteiger partial charge in [-0.05, 0) is 25.3 Å². The van der Waals surface area contributed by atoms with Crippen LogP contribution in [0.4, 0.5) is 0 Å². The van der Waals surface area contributed by atoms with Crippen LogP contribution in [0.5, 0.6) is 6.01 Å². The summed E-state index contributed by atoms with van der Waals surface area (Å²) in [5.41, 5.74) is -0.284. The van der Waals surface area contributed by atoms with Gasteiger partial charge in [0, 0.05) is 38.5 Å². The highest BCUT2D eigenvalue weighted by Crippen LogP contribution is 2.36. The summed E-state index contributed by atoms with van der Waals surface area (Å²) >= 11 is 0. The molecule has 4 heterocycles. The van der Waals surface area contributed by atoms with Gasteiger partial charge in [0.05, 0.1) is 12.2 Å². The van der Waals surface area contributed by atoms with Gasteiger partial charge in [0.25, 0.3) is 5.91 Å². The van der Waals surface area contributed by atoms with Crippen LogP contribution < -0.4 is 4.74 Å². The predicted octanol–water partition coefficient (Wildman–Crippen LogP) is 0.794. The van der Waals surface area contributed by atoms with Crippen molar-refractivity contribution in [1.29, 1.82) is 0 Å². The highest BCUT2D eigenvalue weighted by atomic mass is 16.6. The molecule has 3 aliphatic rings. The van der Waals surface area contributed by atoms with Crippen molar-refractivity contribution in [2.24, 2.45) is 0 Å². The number of carbonyl (C=O) groups is 1. The van der Waals surface area contributed by atoms with E-state index in [-0.39, 0.29) is 23.7 Å². The van der Waals surface area contributed by atoms with Crippen LogP contribution in [-0.2, 0) is 14.3 Å². The first kappa shape index (κ1) is 14.8. The van der Waals surface area contributed by atoms with E-state index in [4.69, 9.17) is 14.2 Å². The smallest absolute Gasteiger partial charge is 0.316 e. The molecule has 4 rings (SSSR count). The summed E-state index contributed by atoms with van der Waals surface area (Å²) in [5, 5.41) is 0. The summed E-state index contributed by atoms with van der Waals surface area (Å²) in [7, 11) is 0. The SMILES string of the molecule is O=C([C@@H]1CCCO1)N1CCC2(CC(Oc3ncccn3)CO2)C1. The maximum Gasteiger partial charge on any atom is 0.316 e. The van der Waals surface area contributed by atoms with Crippen molar-refractivity contribution in [3.05, 3.63) is 18.5 Å². The quantitative estimate of drug-likeness (QED) is 0.820. The van der Waals surface area contributed by atoms with Crippen LogP contribution in [0.15, 0.2) is 18.5 Å². The number of likely N-dealkylation sites (tertiary alicyclic amines) is 1. The second kappa shape index (κ2) is 6.05. The van der Waals surface area contributed by atoms with Crippen LogP contribution in [0.2, 0.25) is 0 Å². The topological polar surface area (TPSA) is 73.8 Å². The molecule has 0 saturated carbocycles. The Balaban J connectivity index is 1.34. The van der Waals surface area contributed by atoms with Crippen LogP contribution in [0.25, 0.3) is 0 Å². The molecule has 7 nitrogen and oxygen atoms in total. The van der Waals surface area contributed by atoms with Gasteiger partial charge in [0.1, 0.15) is 12.2 Å². The fraction of sp³-hybridized carbons (Fsp3) is 0.688. The Labute approximate surface area is 134 Å². The highest BCUT2D eigenvalue weighted by molar-refractivity contribution is 5.81. The molecule has 0 radical (unpaired) electrons. The van der Waals surface area contributed by atoms with E-state index in [1.165, 1.54) is 0 Å². The molecule has 1 aromatic rings. The predicted molar refractivity (Wildman–Crippen MR) is 79.9 cm³/mol. The summed E-state index contributed by atoms with van der Waals surface area (Å²) in [6, 6.07) is 2.13. The van der Waals surface area contributed by atoms with Gasteiger partial charge in [-0.25, -0.2) is 9.97 Å². The third-order valence-corrected chi connectivity index (χ3v) is 4.82. The lowest BCUT2D eigenvalue weighted by Gasteiger charge is -2.24. The number of aromatic nitrogens is 2. The molecule has 3 fully saturated rings. The van der Waals surface area contributed by atoms with E-state index >= 15 is 0 Å². The molecular formula is C16H21N3O4. The van der Waals surface area contributed by atoms with Crippen LogP contribution in [0.3, 0.4) is 0 Å². The molecule has 3 atom stereocenters. The molecule has 3 aliphatic heterocycles. The minimum atomic E-state index is -0.284. The summed E-state index contributed by atoms with van der Waals surface area (Å²) in [6.45, 7) is 2.56. The molecule has 0 bridgehead atoms. The van der Waals surface area contributed by atoms with Crippen molar-refractivity contribution >= 4 is 5.91 Å². The Hall–Kier alpha value is -1.73. The average Bonchev–Trinajstić information content (AvgIpc) is 3.31. The minimum Gasteiger partial charge on any atom is -0.458 e. The number of rotatable bonds is 3. The number of carbonyl (C=O) groups excluding carboxylic acids is 1. The first-order chi connectivity index (χ1) is 11.2. The molecule has 1 aromatic heterocycles. The maximum absolute atomic E-state index is 12.5. The second-order valence-electron chi connectivity index (χ2n) is 6.48. The molecule has 0 aromatic carbocycles. The second-order valence-corrected chi connectivity index (χ2v) is 6.48. The number of nitrogens with zero attached hydrogens (tertiary/aromatic N) is 3. The van der Waals surface area contributed by atoms with E-state index < -0.39 is 0 Å². The van der Waals surface area contributed by atoms with E-state index in [9.17, 15) is 4.79 Å². The third-order valence-electron chi connectivity index (χ3n) is 4.82. The Kier molecular flexibility index (Phi) is 3.90. The first-order valence-electron chi connectivity index (χ1n) is 8.22. The number of amides is 1. The lowest BCUT2D eigenvalue weighted by Crippen LogP contribution is -2.40. The molecule has 2 unspecified atom stereocenters. The summed E-state index contributed by atoms with van der Waals surface area (Å²) < 4.78 is 17.3. The van der Waals surface area contributed by atoms with Gasteiger partial charge in [-0.1, -0.05) is 0 Å². The molecule has 124 valence electrons. The van der Waals surface area contributed by atoms with Crippen molar-refractivity contribution in [1.82, 2.24) is 14.9 Å². The first-order valence-corrected chi connectivity index (χ1v) is 8.22. The molecule has 1 amide bonds. The van der Waals surface area contributed by atoms with E-state index in [0.717, 1.165) is 32.2 Å². The van der Waals surface area contributed by atoms with E-state index in [1.807, 2.05) is 4.90 Å². The molecule has 7 heteroatoms. The van der Waals surface area contributed by atoms with Crippen LogP contribution in [-0.4, -0.2) is 64.9 Å². The van der Waals surface area contributed by atoms with E-state index in [1.54, 1.807) is 18.5 Å². The van der Waals surface area contributed by atoms with Gasteiger partial charge >= 0.3 is 6.01 Å². The van der Waals surface area contributed by atoms with Gasteiger partial charge < -0.3 is 19.1 Å². The maximum atomic E-state index is 12.5. The van der Waals surface area contributed by atoms with Gasteiger partial charge in [-0.15, -0.1) is 0 Å². The number of hydrogen-bond acceptors (Lipinski definition) is 6. The zero-order chi connectivity index (χ0) is 15.7. The summed E-state index contributed by atoms with van der Waals surface area (Å²) in [6.07, 6.45) is 6.42. The summed E-state index contributed by atoms with van der Waals surface area (Å²) in [4.78, 5) is 22.5. The Morgan fingerprint density at radius 2 is 2.26 bits per heavy atom. The standard InChI is InChI=1S/C16H21N3O4/c20-14(13-3-1-8-21-13)19-7-4-16(11-19)9-12(10-22-16)23-15-17-5-2-6-18-15/h2,5-6,12-13H,1,3-4,7-11H2/t12?,13-,16?/m0/s1. The largest absolute Gasteiger partial charge is 0.458 e. The van der Waals surface area contributed by atoms with E-state index in [0.29, 0.717) is 25.8 Å². The molecule has 0 aliphatic carbocycles. The van der Waals surface area contributed by atoms with Crippen molar-refractivity contribution in [2.75, 3.05) is 26.3 Å². The van der Waals surface area contributed by atoms with Crippen molar-refractivity contribution in [2.45, 2.75) is 43.5 Å². The summed E-state index contributed by atoms with van der Waals surface area (Å²) in [5.74, 6) is 0.110. The third kappa shape index (κ3) is 3.03. The van der Waals surface area contributed by atoms with Gasteiger partial charge in [-0.2, -0.15) is 0 Å². The lowest BCUT2D eigenvalue weighted by molar-refractivity contribution is -0.140. The average molecular weight is 319 g/mol. The fourth-order valence-electron chi connectivity index (χ4n) is 3.67. The Morgan fingerprint density at radius 3 is 3.04 bits per heavy atom. The molecule has 1 spiro atoms. The van der Waals surface area contributed by atoms with E-state index in [2.05, 4.69) is 9.97 Å². The lowest BCUT2D eigenvalue weighted by atomic mass is 9.98. The number of hydrogen-bond donors (Lipinski definition) is 0. The highest BCUT2D eigenvalue weighted by Gasteiger charge is 2.48. The normalized spacial score (nSPS) is 33.5. The number of ether oxygens (including phenoxy) is 3. The molecule has 3 saturated heterocycles. The van der Waals surface area contributed by atoms with Gasteiger partial charge in [-0.3, -0.25) is 4.79 Å².